The number of benzene rings is 3. The second-order valence-corrected chi connectivity index (χ2v) is 7.53. The molecule has 0 radical (unpaired) electrons. The molecule has 4 aromatic rings. The maximum Gasteiger partial charge on any atom is 0.172 e. The summed E-state index contributed by atoms with van der Waals surface area (Å²) in [7, 11) is 0. The number of para-hydroxylation sites is 1. The molecular formula is C27H25NO2. The number of rotatable bonds is 7. The van der Waals surface area contributed by atoms with Gasteiger partial charge in [0.25, 0.3) is 0 Å². The number of ether oxygens (including phenoxy) is 1. The van der Waals surface area contributed by atoms with E-state index in [1.165, 1.54) is 5.56 Å². The zero-order chi connectivity index (χ0) is 20.9. The van der Waals surface area contributed by atoms with E-state index in [0.717, 1.165) is 34.1 Å². The molecule has 0 bridgehead atoms. The van der Waals surface area contributed by atoms with E-state index in [4.69, 9.17) is 9.72 Å². The molecule has 1 atom stereocenters. The van der Waals surface area contributed by atoms with E-state index in [1.807, 2.05) is 62.4 Å². The topological polar surface area (TPSA) is 39.2 Å². The van der Waals surface area contributed by atoms with Crippen molar-refractivity contribution in [2.45, 2.75) is 20.3 Å². The third-order valence-electron chi connectivity index (χ3n) is 5.49. The summed E-state index contributed by atoms with van der Waals surface area (Å²) >= 11 is 0. The number of carbonyl (C=O) groups excluding carboxylic acids is 1. The molecule has 3 heteroatoms. The smallest absolute Gasteiger partial charge is 0.172 e. The molecule has 0 aliphatic heterocycles. The molecule has 0 saturated carbocycles. The number of pyridine rings is 1. The van der Waals surface area contributed by atoms with Crippen LogP contribution >= 0.6 is 0 Å². The van der Waals surface area contributed by atoms with Crippen molar-refractivity contribution in [3.63, 3.8) is 0 Å². The third-order valence-corrected chi connectivity index (χ3v) is 5.49. The Morgan fingerprint density at radius 3 is 2.33 bits per heavy atom. The lowest BCUT2D eigenvalue weighted by atomic mass is 9.98. The Kier molecular flexibility index (Phi) is 5.89. The lowest BCUT2D eigenvalue weighted by molar-refractivity contribution is -0.124. The summed E-state index contributed by atoms with van der Waals surface area (Å²) in [5.74, 6) is 0.854. The number of aromatic nitrogens is 1. The van der Waals surface area contributed by atoms with E-state index in [0.29, 0.717) is 5.75 Å². The fraction of sp³-hybridized carbons (Fsp3) is 0.185. The SMILES string of the molecule is CCC(C)C(=O)COc1ccc(-c2cc(-c3ccccc3)c3ccccc3n2)cc1. The average molecular weight is 396 g/mol. The van der Waals surface area contributed by atoms with E-state index >= 15 is 0 Å². The van der Waals surface area contributed by atoms with Gasteiger partial charge in [-0.05, 0) is 53.9 Å². The van der Waals surface area contributed by atoms with Gasteiger partial charge in [-0.25, -0.2) is 4.98 Å². The average Bonchev–Trinajstić information content (AvgIpc) is 2.82. The van der Waals surface area contributed by atoms with E-state index in [9.17, 15) is 4.79 Å². The molecule has 30 heavy (non-hydrogen) atoms. The summed E-state index contributed by atoms with van der Waals surface area (Å²) in [6, 6.07) is 28.5. The van der Waals surface area contributed by atoms with Crippen LogP contribution in [0.3, 0.4) is 0 Å². The minimum Gasteiger partial charge on any atom is -0.486 e. The van der Waals surface area contributed by atoms with Crippen molar-refractivity contribution in [3.05, 3.63) is 84.9 Å². The number of ketones is 1. The molecule has 0 spiro atoms. The van der Waals surface area contributed by atoms with Crippen molar-refractivity contribution >= 4 is 16.7 Å². The van der Waals surface area contributed by atoms with Crippen LogP contribution in [0, 0.1) is 5.92 Å². The number of Topliss-reactive ketones (excluding diaryl/α,β-unsaturated/α-hetero) is 1. The molecule has 3 nitrogen and oxygen atoms in total. The van der Waals surface area contributed by atoms with Crippen molar-refractivity contribution in [2.24, 2.45) is 5.92 Å². The Bertz CT molecular complexity index is 1150. The Labute approximate surface area is 177 Å². The zero-order valence-electron chi connectivity index (χ0n) is 17.3. The van der Waals surface area contributed by atoms with Crippen LogP contribution in [-0.2, 0) is 4.79 Å². The molecule has 3 aromatic carbocycles. The van der Waals surface area contributed by atoms with Gasteiger partial charge >= 0.3 is 0 Å². The predicted molar refractivity (Wildman–Crippen MR) is 123 cm³/mol. The molecule has 0 aliphatic carbocycles. The summed E-state index contributed by atoms with van der Waals surface area (Å²) < 4.78 is 5.67. The lowest BCUT2D eigenvalue weighted by Crippen LogP contribution is -2.18. The molecule has 4 rings (SSSR count). The highest BCUT2D eigenvalue weighted by Crippen LogP contribution is 2.32. The fourth-order valence-electron chi connectivity index (χ4n) is 3.43. The van der Waals surface area contributed by atoms with Crippen molar-refractivity contribution in [1.82, 2.24) is 4.98 Å². The van der Waals surface area contributed by atoms with Gasteiger partial charge in [-0.2, -0.15) is 0 Å². The predicted octanol–water partition coefficient (Wildman–Crippen LogP) is 6.56. The van der Waals surface area contributed by atoms with Gasteiger partial charge in [-0.1, -0.05) is 62.4 Å². The fourth-order valence-corrected chi connectivity index (χ4v) is 3.43. The van der Waals surface area contributed by atoms with Crippen LogP contribution in [0.15, 0.2) is 84.9 Å². The van der Waals surface area contributed by atoms with Gasteiger partial charge in [0.2, 0.25) is 0 Å². The summed E-state index contributed by atoms with van der Waals surface area (Å²) in [6.07, 6.45) is 0.832. The normalized spacial score (nSPS) is 11.9. The number of hydrogen-bond acceptors (Lipinski definition) is 3. The van der Waals surface area contributed by atoms with E-state index < -0.39 is 0 Å². The van der Waals surface area contributed by atoms with Crippen LogP contribution in [0.2, 0.25) is 0 Å². The second kappa shape index (κ2) is 8.91. The van der Waals surface area contributed by atoms with E-state index in [2.05, 4.69) is 36.4 Å². The van der Waals surface area contributed by atoms with Gasteiger partial charge in [0.15, 0.2) is 5.78 Å². The molecule has 150 valence electrons. The first-order valence-corrected chi connectivity index (χ1v) is 10.4. The summed E-state index contributed by atoms with van der Waals surface area (Å²) in [5, 5.41) is 1.14. The quantitative estimate of drug-likeness (QED) is 0.355. The lowest BCUT2D eigenvalue weighted by Gasteiger charge is -2.12. The zero-order valence-corrected chi connectivity index (χ0v) is 17.3. The van der Waals surface area contributed by atoms with Crippen molar-refractivity contribution < 1.29 is 9.53 Å². The van der Waals surface area contributed by atoms with Crippen molar-refractivity contribution in [1.29, 1.82) is 0 Å². The summed E-state index contributed by atoms with van der Waals surface area (Å²) in [5.41, 5.74) is 5.22. The third kappa shape index (κ3) is 4.25. The van der Waals surface area contributed by atoms with Crippen LogP contribution in [0.1, 0.15) is 20.3 Å². The first kappa shape index (κ1) is 19.8. The summed E-state index contributed by atoms with van der Waals surface area (Å²) in [6.45, 7) is 4.06. The minimum atomic E-state index is 0.0301. The Morgan fingerprint density at radius 1 is 0.900 bits per heavy atom. The van der Waals surface area contributed by atoms with Gasteiger partial charge in [0.1, 0.15) is 12.4 Å². The Hall–Kier alpha value is -3.46. The molecule has 0 amide bonds. The van der Waals surface area contributed by atoms with Crippen LogP contribution in [-0.4, -0.2) is 17.4 Å². The molecule has 1 aromatic heterocycles. The number of carbonyl (C=O) groups is 1. The molecule has 1 unspecified atom stereocenters. The number of fused-ring (bicyclic) bond motifs is 1. The molecule has 1 heterocycles. The largest absolute Gasteiger partial charge is 0.486 e. The Morgan fingerprint density at radius 2 is 1.60 bits per heavy atom. The first-order chi connectivity index (χ1) is 14.7. The van der Waals surface area contributed by atoms with E-state index in [1.54, 1.807) is 0 Å². The molecule has 0 aliphatic rings. The van der Waals surface area contributed by atoms with Gasteiger partial charge in [-0.3, -0.25) is 4.79 Å². The van der Waals surface area contributed by atoms with Crippen LogP contribution < -0.4 is 4.74 Å². The highest BCUT2D eigenvalue weighted by atomic mass is 16.5. The number of nitrogens with zero attached hydrogens (tertiary/aromatic N) is 1. The van der Waals surface area contributed by atoms with Gasteiger partial charge in [0.05, 0.1) is 11.2 Å². The highest BCUT2D eigenvalue weighted by Gasteiger charge is 2.12. The monoisotopic (exact) mass is 395 g/mol. The highest BCUT2D eigenvalue weighted by molar-refractivity contribution is 5.96. The van der Waals surface area contributed by atoms with Gasteiger partial charge in [-0.15, -0.1) is 0 Å². The maximum atomic E-state index is 12.0. The number of hydrogen-bond donors (Lipinski definition) is 0. The van der Waals surface area contributed by atoms with Crippen LogP contribution in [0.25, 0.3) is 33.3 Å². The van der Waals surface area contributed by atoms with Crippen LogP contribution in [0.4, 0.5) is 0 Å². The molecular weight excluding hydrogens is 370 g/mol. The summed E-state index contributed by atoms with van der Waals surface area (Å²) in [4.78, 5) is 16.9. The van der Waals surface area contributed by atoms with Crippen molar-refractivity contribution in [3.8, 4) is 28.1 Å². The second-order valence-electron chi connectivity index (χ2n) is 7.53. The Balaban J connectivity index is 1.64. The standard InChI is InChI=1S/C27H25NO2/c1-3-19(2)27(29)18-30-22-15-13-21(14-16-22)26-17-24(20-9-5-4-6-10-20)23-11-7-8-12-25(23)28-26/h4-17,19H,3,18H2,1-2H3. The molecule has 0 N–H and O–H groups in total. The van der Waals surface area contributed by atoms with Crippen molar-refractivity contribution in [2.75, 3.05) is 6.61 Å². The van der Waals surface area contributed by atoms with Gasteiger partial charge in [0, 0.05) is 16.9 Å². The van der Waals surface area contributed by atoms with Gasteiger partial charge < -0.3 is 4.74 Å². The molecule has 0 fully saturated rings. The minimum absolute atomic E-state index is 0.0301. The molecule has 0 saturated heterocycles. The van der Waals surface area contributed by atoms with Crippen LogP contribution in [0.5, 0.6) is 5.75 Å². The first-order valence-electron chi connectivity index (χ1n) is 10.4. The maximum absolute atomic E-state index is 12.0. The van der Waals surface area contributed by atoms with E-state index in [-0.39, 0.29) is 18.3 Å².